The first kappa shape index (κ1) is 15.4. The van der Waals surface area contributed by atoms with Crippen molar-refractivity contribution in [1.29, 1.82) is 0 Å². The Morgan fingerprint density at radius 2 is 1.72 bits per heavy atom. The molecule has 0 unspecified atom stereocenters. The second kappa shape index (κ2) is 7.08. The first-order valence-electron chi connectivity index (χ1n) is 6.46. The molecule has 0 heterocycles. The number of benzene rings is 1. The van der Waals surface area contributed by atoms with E-state index in [1.807, 2.05) is 26.0 Å². The van der Waals surface area contributed by atoms with Crippen LogP contribution in [0.15, 0.2) is 24.3 Å². The van der Waals surface area contributed by atoms with E-state index in [9.17, 15) is 4.57 Å². The van der Waals surface area contributed by atoms with Crippen molar-refractivity contribution in [3.63, 3.8) is 0 Å². The van der Waals surface area contributed by atoms with Gasteiger partial charge in [0.15, 0.2) is 0 Å². The largest absolute Gasteiger partial charge is 0.331 e. The van der Waals surface area contributed by atoms with Gasteiger partial charge < -0.3 is 9.05 Å². The van der Waals surface area contributed by atoms with Gasteiger partial charge in [0.1, 0.15) is 0 Å². The Morgan fingerprint density at radius 1 is 1.17 bits per heavy atom. The highest BCUT2D eigenvalue weighted by molar-refractivity contribution is 7.53. The van der Waals surface area contributed by atoms with Crippen LogP contribution in [-0.2, 0) is 13.6 Å². The van der Waals surface area contributed by atoms with Gasteiger partial charge in [0, 0.05) is 0 Å². The molecule has 0 aliphatic heterocycles. The average Bonchev–Trinajstić information content (AvgIpc) is 2.29. The van der Waals surface area contributed by atoms with Crippen LogP contribution in [0.1, 0.15) is 37.8 Å². The van der Waals surface area contributed by atoms with Gasteiger partial charge in [-0.05, 0) is 37.8 Å². The first-order chi connectivity index (χ1) is 8.52. The molecule has 0 saturated carbocycles. The Balaban J connectivity index is 2.82. The maximum Gasteiger partial charge on any atom is 0.331 e. The van der Waals surface area contributed by atoms with Crippen LogP contribution in [0.5, 0.6) is 0 Å². The van der Waals surface area contributed by atoms with Crippen molar-refractivity contribution in [3.8, 4) is 0 Å². The number of hydrogen-bond donors (Lipinski definition) is 0. The molecule has 0 aromatic heterocycles. The lowest BCUT2D eigenvalue weighted by atomic mass is 9.98. The molecular formula is C14H23O3P. The summed E-state index contributed by atoms with van der Waals surface area (Å²) in [5.74, 6) is 0.162. The number of aryl methyl sites for hydroxylation is 1. The van der Waals surface area contributed by atoms with Crippen molar-refractivity contribution >= 4 is 7.60 Å². The summed E-state index contributed by atoms with van der Waals surface area (Å²) in [6, 6.07) is 8.15. The molecule has 0 fully saturated rings. The van der Waals surface area contributed by atoms with Gasteiger partial charge in [0.2, 0.25) is 0 Å². The van der Waals surface area contributed by atoms with Gasteiger partial charge in [-0.15, -0.1) is 0 Å². The van der Waals surface area contributed by atoms with Crippen LogP contribution in [0.3, 0.4) is 0 Å². The molecule has 102 valence electrons. The van der Waals surface area contributed by atoms with Crippen molar-refractivity contribution in [2.75, 3.05) is 19.4 Å². The molecule has 1 atom stereocenters. The molecular weight excluding hydrogens is 247 g/mol. The molecule has 1 aromatic rings. The summed E-state index contributed by atoms with van der Waals surface area (Å²) in [4.78, 5) is 0. The lowest BCUT2D eigenvalue weighted by molar-refractivity contribution is 0.219. The molecule has 0 bridgehead atoms. The minimum atomic E-state index is -2.96. The summed E-state index contributed by atoms with van der Waals surface area (Å²) < 4.78 is 23.1. The fourth-order valence-corrected chi connectivity index (χ4v) is 4.05. The van der Waals surface area contributed by atoms with Crippen LogP contribution in [0, 0.1) is 6.92 Å². The van der Waals surface area contributed by atoms with Crippen LogP contribution in [0.25, 0.3) is 0 Å². The normalized spacial score (nSPS) is 13.6. The molecule has 0 amide bonds. The minimum Gasteiger partial charge on any atom is -0.309 e. The third kappa shape index (κ3) is 4.24. The number of hydrogen-bond acceptors (Lipinski definition) is 3. The minimum absolute atomic E-state index is 0.162. The SMILES string of the molecule is CCOP(=O)(C[C@H](C)c1ccccc1C)OCC. The topological polar surface area (TPSA) is 35.5 Å². The van der Waals surface area contributed by atoms with E-state index in [0.29, 0.717) is 19.4 Å². The first-order valence-corrected chi connectivity index (χ1v) is 8.19. The van der Waals surface area contributed by atoms with E-state index in [1.165, 1.54) is 11.1 Å². The number of rotatable bonds is 7. The molecule has 1 rings (SSSR count). The van der Waals surface area contributed by atoms with Crippen LogP contribution >= 0.6 is 7.60 Å². The lowest BCUT2D eigenvalue weighted by Crippen LogP contribution is -2.07. The Morgan fingerprint density at radius 3 is 2.22 bits per heavy atom. The monoisotopic (exact) mass is 270 g/mol. The second-order valence-electron chi connectivity index (χ2n) is 4.39. The van der Waals surface area contributed by atoms with Crippen molar-refractivity contribution in [3.05, 3.63) is 35.4 Å². The Bertz CT molecular complexity index is 407. The summed E-state index contributed by atoms with van der Waals surface area (Å²) in [5, 5.41) is 0. The van der Waals surface area contributed by atoms with Gasteiger partial charge >= 0.3 is 7.60 Å². The van der Waals surface area contributed by atoms with E-state index in [1.54, 1.807) is 0 Å². The van der Waals surface area contributed by atoms with E-state index in [4.69, 9.17) is 9.05 Å². The Labute approximate surface area is 110 Å². The predicted molar refractivity (Wildman–Crippen MR) is 75.3 cm³/mol. The van der Waals surface area contributed by atoms with Crippen LogP contribution in [0.4, 0.5) is 0 Å². The van der Waals surface area contributed by atoms with Crippen LogP contribution in [0.2, 0.25) is 0 Å². The summed E-state index contributed by atoms with van der Waals surface area (Å²) in [6.45, 7) is 8.63. The quantitative estimate of drug-likeness (QED) is 0.690. The average molecular weight is 270 g/mol. The van der Waals surface area contributed by atoms with Gasteiger partial charge in [-0.2, -0.15) is 0 Å². The molecule has 0 aliphatic carbocycles. The highest BCUT2D eigenvalue weighted by Gasteiger charge is 2.27. The molecule has 0 aliphatic rings. The second-order valence-corrected chi connectivity index (χ2v) is 6.49. The van der Waals surface area contributed by atoms with Gasteiger partial charge in [0.25, 0.3) is 0 Å². The Kier molecular flexibility index (Phi) is 6.07. The van der Waals surface area contributed by atoms with E-state index in [0.717, 1.165) is 0 Å². The molecule has 0 radical (unpaired) electrons. The predicted octanol–water partition coefficient (Wildman–Crippen LogP) is 4.36. The fraction of sp³-hybridized carbons (Fsp3) is 0.571. The smallest absolute Gasteiger partial charge is 0.309 e. The Hall–Kier alpha value is -0.630. The zero-order chi connectivity index (χ0) is 13.6. The lowest BCUT2D eigenvalue weighted by Gasteiger charge is -2.21. The maximum absolute atomic E-state index is 12.5. The molecule has 1 aromatic carbocycles. The van der Waals surface area contributed by atoms with E-state index < -0.39 is 7.60 Å². The molecule has 0 saturated heterocycles. The summed E-state index contributed by atoms with van der Waals surface area (Å²) in [7, 11) is -2.96. The summed E-state index contributed by atoms with van der Waals surface area (Å²) >= 11 is 0. The maximum atomic E-state index is 12.5. The zero-order valence-corrected chi connectivity index (χ0v) is 12.6. The van der Waals surface area contributed by atoms with Crippen molar-refractivity contribution < 1.29 is 13.6 Å². The van der Waals surface area contributed by atoms with Gasteiger partial charge in [-0.25, -0.2) is 0 Å². The highest BCUT2D eigenvalue weighted by atomic mass is 31.2. The van der Waals surface area contributed by atoms with Crippen LogP contribution < -0.4 is 0 Å². The molecule has 0 N–H and O–H groups in total. The zero-order valence-electron chi connectivity index (χ0n) is 11.7. The van der Waals surface area contributed by atoms with Crippen LogP contribution in [-0.4, -0.2) is 19.4 Å². The van der Waals surface area contributed by atoms with E-state index in [2.05, 4.69) is 26.0 Å². The summed E-state index contributed by atoms with van der Waals surface area (Å²) in [6.07, 6.45) is 0.430. The van der Waals surface area contributed by atoms with E-state index in [-0.39, 0.29) is 5.92 Å². The molecule has 0 spiro atoms. The third-order valence-corrected chi connectivity index (χ3v) is 5.17. The van der Waals surface area contributed by atoms with Crippen molar-refractivity contribution in [2.24, 2.45) is 0 Å². The van der Waals surface area contributed by atoms with Crippen molar-refractivity contribution in [1.82, 2.24) is 0 Å². The highest BCUT2D eigenvalue weighted by Crippen LogP contribution is 2.51. The standard InChI is InChI=1S/C14H23O3P/c1-5-16-18(15,17-6-2)11-13(4)14-10-8-7-9-12(14)3/h7-10,13H,5-6,11H2,1-4H3/t13-/m0/s1. The summed E-state index contributed by atoms with van der Waals surface area (Å²) in [5.41, 5.74) is 2.42. The van der Waals surface area contributed by atoms with Crippen molar-refractivity contribution in [2.45, 2.75) is 33.6 Å². The van der Waals surface area contributed by atoms with Gasteiger partial charge in [0.05, 0.1) is 19.4 Å². The van der Waals surface area contributed by atoms with Gasteiger partial charge in [-0.1, -0.05) is 31.2 Å². The molecule has 4 heteroatoms. The molecule has 3 nitrogen and oxygen atoms in total. The fourth-order valence-electron chi connectivity index (χ4n) is 2.11. The third-order valence-electron chi connectivity index (χ3n) is 2.87. The van der Waals surface area contributed by atoms with Gasteiger partial charge in [-0.3, -0.25) is 4.57 Å². The van der Waals surface area contributed by atoms with E-state index >= 15 is 0 Å². The molecule has 18 heavy (non-hydrogen) atoms.